The van der Waals surface area contributed by atoms with E-state index in [2.05, 4.69) is 51.6 Å². The number of aliphatic hydroxyl groups is 2. The van der Waals surface area contributed by atoms with E-state index in [9.17, 15) is 15.0 Å². The highest BCUT2D eigenvalue weighted by Gasteiger charge is 2.32. The van der Waals surface area contributed by atoms with Gasteiger partial charge in [-0.2, -0.15) is 0 Å². The standard InChI is InChI=1S/C52H73FO5/c1-6-9-11-12-38-13-15-40(16-14-38)41-17-19-42(20-18-41)43-21-25-48(49(53)34-43)45-22-24-47(39(8-3)32-45)44-23-26-50(46(33-44)27-30-58-51(56)37(4)5)57-31-29-52(35-54,36-55)28-10-7-2/h21-26,32-34,38,40-42,54-55H,4,6-20,27-31,35-36H2,1-3,5H3. The van der Waals surface area contributed by atoms with Crippen molar-refractivity contribution in [2.24, 2.45) is 23.2 Å². The van der Waals surface area contributed by atoms with Gasteiger partial charge in [-0.3, -0.25) is 0 Å². The van der Waals surface area contributed by atoms with Crippen molar-refractivity contribution in [3.63, 3.8) is 0 Å². The van der Waals surface area contributed by atoms with Gasteiger partial charge in [0.1, 0.15) is 11.6 Å². The first-order chi connectivity index (χ1) is 28.1. The Morgan fingerprint density at radius 1 is 0.759 bits per heavy atom. The Labute approximate surface area is 349 Å². The molecule has 0 bridgehead atoms. The second-order valence-electron chi connectivity index (χ2n) is 17.9. The molecule has 0 atom stereocenters. The number of unbranched alkanes of at least 4 members (excludes halogenated alkanes) is 3. The third-order valence-electron chi connectivity index (χ3n) is 13.8. The number of aryl methyl sites for hydroxylation is 1. The fourth-order valence-corrected chi connectivity index (χ4v) is 9.79. The molecule has 2 saturated carbocycles. The van der Waals surface area contributed by atoms with Crippen LogP contribution in [0.5, 0.6) is 5.75 Å². The number of halogens is 1. The van der Waals surface area contributed by atoms with Crippen LogP contribution >= 0.6 is 0 Å². The maximum Gasteiger partial charge on any atom is 0.333 e. The summed E-state index contributed by atoms with van der Waals surface area (Å²) in [5.41, 5.74) is 6.51. The van der Waals surface area contributed by atoms with E-state index in [4.69, 9.17) is 9.47 Å². The quantitative estimate of drug-likeness (QED) is 0.0602. The Bertz CT molecular complexity index is 1740. The van der Waals surface area contributed by atoms with Crippen molar-refractivity contribution in [3.8, 4) is 28.0 Å². The number of aliphatic hydroxyl groups excluding tert-OH is 2. The number of carbonyl (C=O) groups is 1. The predicted octanol–water partition coefficient (Wildman–Crippen LogP) is 13.0. The van der Waals surface area contributed by atoms with Crippen LogP contribution in [0.1, 0.15) is 153 Å². The Morgan fingerprint density at radius 3 is 2.03 bits per heavy atom. The predicted molar refractivity (Wildman–Crippen MR) is 237 cm³/mol. The topological polar surface area (TPSA) is 76.0 Å². The van der Waals surface area contributed by atoms with Crippen LogP contribution in [0.2, 0.25) is 0 Å². The molecule has 2 N–H and O–H groups in total. The minimum Gasteiger partial charge on any atom is -0.493 e. The van der Waals surface area contributed by atoms with Crippen LogP contribution in [0.4, 0.5) is 4.39 Å². The summed E-state index contributed by atoms with van der Waals surface area (Å²) in [6, 6.07) is 18.3. The van der Waals surface area contributed by atoms with Gasteiger partial charge >= 0.3 is 5.97 Å². The molecule has 0 aliphatic heterocycles. The van der Waals surface area contributed by atoms with Crippen LogP contribution < -0.4 is 4.74 Å². The summed E-state index contributed by atoms with van der Waals surface area (Å²) in [4.78, 5) is 12.2. The lowest BCUT2D eigenvalue weighted by atomic mass is 9.68. The van der Waals surface area contributed by atoms with Gasteiger partial charge in [0.05, 0.1) is 26.4 Å². The van der Waals surface area contributed by atoms with E-state index in [1.54, 1.807) is 6.92 Å². The van der Waals surface area contributed by atoms with Gasteiger partial charge in [0.15, 0.2) is 0 Å². The molecule has 6 heteroatoms. The van der Waals surface area contributed by atoms with Crippen molar-refractivity contribution in [2.45, 2.75) is 149 Å². The molecule has 5 rings (SSSR count). The molecule has 2 aliphatic rings. The summed E-state index contributed by atoms with van der Waals surface area (Å²) < 4.78 is 27.8. The summed E-state index contributed by atoms with van der Waals surface area (Å²) in [5.74, 6) is 3.25. The smallest absolute Gasteiger partial charge is 0.333 e. The van der Waals surface area contributed by atoms with Crippen molar-refractivity contribution >= 4 is 5.97 Å². The monoisotopic (exact) mass is 797 g/mol. The van der Waals surface area contributed by atoms with Crippen molar-refractivity contribution in [2.75, 3.05) is 26.4 Å². The largest absolute Gasteiger partial charge is 0.493 e. The molecule has 0 unspecified atom stereocenters. The minimum atomic E-state index is -0.587. The van der Waals surface area contributed by atoms with Crippen LogP contribution in [0.25, 0.3) is 22.3 Å². The number of esters is 1. The molecule has 318 valence electrons. The number of rotatable bonds is 22. The van der Waals surface area contributed by atoms with E-state index in [0.29, 0.717) is 42.3 Å². The van der Waals surface area contributed by atoms with Gasteiger partial charge < -0.3 is 19.7 Å². The first kappa shape index (κ1) is 45.6. The molecule has 2 aliphatic carbocycles. The summed E-state index contributed by atoms with van der Waals surface area (Å²) in [5, 5.41) is 20.3. The van der Waals surface area contributed by atoms with Crippen LogP contribution in [-0.2, 0) is 22.4 Å². The molecule has 0 radical (unpaired) electrons. The fourth-order valence-electron chi connectivity index (χ4n) is 9.79. The van der Waals surface area contributed by atoms with E-state index < -0.39 is 11.4 Å². The molecule has 58 heavy (non-hydrogen) atoms. The average molecular weight is 797 g/mol. The van der Waals surface area contributed by atoms with Crippen molar-refractivity contribution in [1.82, 2.24) is 0 Å². The second kappa shape index (κ2) is 22.8. The summed E-state index contributed by atoms with van der Waals surface area (Å²) in [6.45, 7) is 12.2. The molecule has 3 aromatic carbocycles. The number of ether oxygens (including phenoxy) is 2. The van der Waals surface area contributed by atoms with Gasteiger partial charge in [-0.1, -0.05) is 115 Å². The summed E-state index contributed by atoms with van der Waals surface area (Å²) >= 11 is 0. The highest BCUT2D eigenvalue weighted by atomic mass is 19.1. The van der Waals surface area contributed by atoms with Crippen molar-refractivity contribution < 1.29 is 28.9 Å². The van der Waals surface area contributed by atoms with Gasteiger partial charge in [0.25, 0.3) is 0 Å². The Balaban J connectivity index is 1.26. The Kier molecular flexibility index (Phi) is 17.9. The molecule has 2 fully saturated rings. The van der Waals surface area contributed by atoms with Gasteiger partial charge in [-0.25, -0.2) is 9.18 Å². The van der Waals surface area contributed by atoms with Crippen LogP contribution in [0.15, 0.2) is 66.7 Å². The molecule has 0 spiro atoms. The lowest BCUT2D eigenvalue weighted by Crippen LogP contribution is -2.32. The first-order valence-electron chi connectivity index (χ1n) is 22.9. The normalized spacial score (nSPS) is 19.8. The third-order valence-corrected chi connectivity index (χ3v) is 13.8. The zero-order valence-corrected chi connectivity index (χ0v) is 36.3. The third kappa shape index (κ3) is 12.3. The fraction of sp³-hybridized carbons (Fsp3) is 0.596. The number of hydrogen-bond acceptors (Lipinski definition) is 5. The highest BCUT2D eigenvalue weighted by Crippen LogP contribution is 2.45. The Hall–Kier alpha value is -3.48. The second-order valence-corrected chi connectivity index (χ2v) is 17.9. The zero-order valence-electron chi connectivity index (χ0n) is 36.3. The number of benzene rings is 3. The lowest BCUT2D eigenvalue weighted by Gasteiger charge is -2.38. The molecular formula is C52H73FO5. The van der Waals surface area contributed by atoms with Gasteiger partial charge in [0.2, 0.25) is 0 Å². The van der Waals surface area contributed by atoms with Gasteiger partial charge in [-0.15, -0.1) is 0 Å². The summed E-state index contributed by atoms with van der Waals surface area (Å²) in [6.07, 6.45) is 20.5. The average Bonchev–Trinajstić information content (AvgIpc) is 3.25. The molecule has 0 aromatic heterocycles. The maximum absolute atomic E-state index is 16.0. The van der Waals surface area contributed by atoms with E-state index in [0.717, 1.165) is 76.8 Å². The molecule has 3 aromatic rings. The van der Waals surface area contributed by atoms with Gasteiger partial charge in [-0.05, 0) is 140 Å². The highest BCUT2D eigenvalue weighted by molar-refractivity contribution is 5.87. The molecule has 0 heterocycles. The van der Waals surface area contributed by atoms with Crippen LogP contribution in [-0.4, -0.2) is 42.6 Å². The molecular weight excluding hydrogens is 724 g/mol. The Morgan fingerprint density at radius 2 is 1.40 bits per heavy atom. The van der Waals surface area contributed by atoms with Gasteiger partial charge in [0, 0.05) is 23.0 Å². The van der Waals surface area contributed by atoms with Crippen molar-refractivity contribution in [1.29, 1.82) is 0 Å². The van der Waals surface area contributed by atoms with E-state index in [1.165, 1.54) is 77.0 Å². The molecule has 5 nitrogen and oxygen atoms in total. The minimum absolute atomic E-state index is 0.0969. The number of carbonyl (C=O) groups excluding carboxylic acids is 1. The zero-order chi connectivity index (χ0) is 41.5. The van der Waals surface area contributed by atoms with Crippen LogP contribution in [0, 0.1) is 29.0 Å². The van der Waals surface area contributed by atoms with E-state index >= 15 is 4.39 Å². The lowest BCUT2D eigenvalue weighted by molar-refractivity contribution is -0.138. The van der Waals surface area contributed by atoms with E-state index in [1.807, 2.05) is 30.3 Å². The SMILES string of the molecule is C=C(C)C(=O)OCCc1cc(-c2ccc(-c3ccc(C4CCC(C5CCC(CCCCC)CC5)CC4)cc3F)cc2CC)ccc1OCCC(CO)(CO)CCCC. The maximum atomic E-state index is 16.0. The molecule has 0 amide bonds. The number of hydrogen-bond donors (Lipinski definition) is 2. The van der Waals surface area contributed by atoms with E-state index in [-0.39, 0.29) is 25.6 Å². The van der Waals surface area contributed by atoms with Crippen molar-refractivity contribution in [3.05, 3.63) is 89.3 Å². The summed E-state index contributed by atoms with van der Waals surface area (Å²) in [7, 11) is 0. The van der Waals surface area contributed by atoms with Crippen LogP contribution in [0.3, 0.4) is 0 Å². The molecule has 0 saturated heterocycles. The first-order valence-corrected chi connectivity index (χ1v) is 22.9.